The largest absolute Gasteiger partial charge is 0.481 e. The van der Waals surface area contributed by atoms with Crippen molar-refractivity contribution in [2.24, 2.45) is 5.92 Å². The molecule has 1 aromatic heterocycles. The molecular formula is C17H20N2O3S. The number of carbonyl (C=O) groups is 2. The number of rotatable bonds is 6. The monoisotopic (exact) mass is 332 g/mol. The molecule has 0 radical (unpaired) electrons. The minimum absolute atomic E-state index is 0.162. The molecule has 1 atom stereocenters. The molecule has 122 valence electrons. The number of aryl methyl sites for hydroxylation is 2. The van der Waals surface area contributed by atoms with Crippen LogP contribution in [0.3, 0.4) is 0 Å². The molecule has 1 N–H and O–H groups in total. The number of carboxylic acids is 1. The summed E-state index contributed by atoms with van der Waals surface area (Å²) in [6.45, 7) is 5.82. The van der Waals surface area contributed by atoms with Gasteiger partial charge >= 0.3 is 5.97 Å². The lowest BCUT2D eigenvalue weighted by atomic mass is 10.1. The van der Waals surface area contributed by atoms with E-state index >= 15 is 0 Å². The van der Waals surface area contributed by atoms with Crippen molar-refractivity contribution in [2.75, 3.05) is 6.54 Å². The molecule has 1 amide bonds. The Hall–Kier alpha value is -2.21. The lowest BCUT2D eigenvalue weighted by Crippen LogP contribution is -2.36. The molecule has 0 spiro atoms. The summed E-state index contributed by atoms with van der Waals surface area (Å²) in [6, 6.07) is 9.57. The van der Waals surface area contributed by atoms with E-state index in [0.717, 1.165) is 10.6 Å². The van der Waals surface area contributed by atoms with Crippen LogP contribution in [0.2, 0.25) is 0 Å². The van der Waals surface area contributed by atoms with Crippen LogP contribution in [-0.4, -0.2) is 33.4 Å². The Labute approximate surface area is 139 Å². The average Bonchev–Trinajstić information content (AvgIpc) is 2.85. The van der Waals surface area contributed by atoms with E-state index in [1.165, 1.54) is 11.3 Å². The lowest BCUT2D eigenvalue weighted by Gasteiger charge is -2.24. The van der Waals surface area contributed by atoms with E-state index in [4.69, 9.17) is 5.11 Å². The van der Waals surface area contributed by atoms with Crippen molar-refractivity contribution >= 4 is 23.2 Å². The quantitative estimate of drug-likeness (QED) is 0.882. The first-order chi connectivity index (χ1) is 10.9. The van der Waals surface area contributed by atoms with Crippen LogP contribution in [0.25, 0.3) is 0 Å². The van der Waals surface area contributed by atoms with E-state index in [-0.39, 0.29) is 12.5 Å². The SMILES string of the molecule is Cc1nc(C)c(C(=O)N(Cc2ccccc2)C[C@@H](C)C(=O)O)s1. The van der Waals surface area contributed by atoms with Crippen molar-refractivity contribution in [3.63, 3.8) is 0 Å². The number of nitrogens with zero attached hydrogens (tertiary/aromatic N) is 2. The van der Waals surface area contributed by atoms with Crippen LogP contribution in [0, 0.1) is 19.8 Å². The second-order valence-corrected chi connectivity index (χ2v) is 6.76. The minimum atomic E-state index is -0.909. The third-order valence-electron chi connectivity index (χ3n) is 3.52. The highest BCUT2D eigenvalue weighted by atomic mass is 32.1. The zero-order chi connectivity index (χ0) is 17.0. The molecule has 1 heterocycles. The highest BCUT2D eigenvalue weighted by Gasteiger charge is 2.24. The van der Waals surface area contributed by atoms with E-state index in [1.807, 2.05) is 37.3 Å². The molecule has 0 aliphatic rings. The normalized spacial score (nSPS) is 12.0. The molecule has 0 unspecified atom stereocenters. The Morgan fingerprint density at radius 1 is 1.26 bits per heavy atom. The van der Waals surface area contributed by atoms with Crippen LogP contribution in [0.1, 0.15) is 32.9 Å². The van der Waals surface area contributed by atoms with Gasteiger partial charge in [-0.05, 0) is 19.4 Å². The Bertz CT molecular complexity index is 697. The third kappa shape index (κ3) is 4.39. The predicted molar refractivity (Wildman–Crippen MR) is 89.6 cm³/mol. The summed E-state index contributed by atoms with van der Waals surface area (Å²) in [5, 5.41) is 9.99. The number of benzene rings is 1. The Morgan fingerprint density at radius 2 is 1.91 bits per heavy atom. The first-order valence-corrected chi connectivity index (χ1v) is 8.20. The van der Waals surface area contributed by atoms with Gasteiger partial charge in [-0.15, -0.1) is 11.3 Å². The van der Waals surface area contributed by atoms with E-state index in [2.05, 4.69) is 4.98 Å². The van der Waals surface area contributed by atoms with Crippen molar-refractivity contribution in [2.45, 2.75) is 27.3 Å². The van der Waals surface area contributed by atoms with Crippen molar-refractivity contribution in [3.05, 3.63) is 51.5 Å². The topological polar surface area (TPSA) is 70.5 Å². The number of thiazole rings is 1. The second kappa shape index (κ2) is 7.37. The molecule has 0 fully saturated rings. The summed E-state index contributed by atoms with van der Waals surface area (Å²) in [4.78, 5) is 30.5. The number of aromatic nitrogens is 1. The fraction of sp³-hybridized carbons (Fsp3) is 0.353. The molecule has 23 heavy (non-hydrogen) atoms. The van der Waals surface area contributed by atoms with Gasteiger partial charge in [0, 0.05) is 13.1 Å². The summed E-state index contributed by atoms with van der Waals surface area (Å²) in [5.74, 6) is -1.70. The molecule has 0 aliphatic heterocycles. The number of aliphatic carboxylic acids is 1. The molecule has 2 aromatic rings. The zero-order valence-corrected chi connectivity index (χ0v) is 14.3. The highest BCUT2D eigenvalue weighted by Crippen LogP contribution is 2.21. The van der Waals surface area contributed by atoms with E-state index in [0.29, 0.717) is 17.1 Å². The zero-order valence-electron chi connectivity index (χ0n) is 13.4. The molecule has 6 heteroatoms. The van der Waals surface area contributed by atoms with Crippen LogP contribution in [0.15, 0.2) is 30.3 Å². The van der Waals surface area contributed by atoms with Crippen LogP contribution in [-0.2, 0) is 11.3 Å². The van der Waals surface area contributed by atoms with Gasteiger partial charge in [0.05, 0.1) is 16.6 Å². The summed E-state index contributed by atoms with van der Waals surface area (Å²) >= 11 is 1.35. The summed E-state index contributed by atoms with van der Waals surface area (Å²) < 4.78 is 0. The Morgan fingerprint density at radius 3 is 2.43 bits per heavy atom. The average molecular weight is 332 g/mol. The van der Waals surface area contributed by atoms with Gasteiger partial charge in [-0.3, -0.25) is 9.59 Å². The third-order valence-corrected chi connectivity index (χ3v) is 4.58. The number of hydrogen-bond donors (Lipinski definition) is 1. The molecule has 0 saturated heterocycles. The predicted octanol–water partition coefficient (Wildman–Crippen LogP) is 3.12. The van der Waals surface area contributed by atoms with Gasteiger partial charge < -0.3 is 10.0 Å². The first kappa shape index (κ1) is 17.1. The summed E-state index contributed by atoms with van der Waals surface area (Å²) in [5.41, 5.74) is 1.66. The van der Waals surface area contributed by atoms with E-state index in [9.17, 15) is 9.59 Å². The summed E-state index contributed by atoms with van der Waals surface area (Å²) in [7, 11) is 0. The first-order valence-electron chi connectivity index (χ1n) is 7.38. The maximum atomic E-state index is 12.8. The van der Waals surface area contributed by atoms with Gasteiger partial charge in [-0.2, -0.15) is 0 Å². The molecule has 0 bridgehead atoms. The van der Waals surface area contributed by atoms with Gasteiger partial charge in [0.25, 0.3) is 5.91 Å². The van der Waals surface area contributed by atoms with Gasteiger partial charge in [-0.25, -0.2) is 4.98 Å². The van der Waals surface area contributed by atoms with Crippen LogP contribution in [0.4, 0.5) is 0 Å². The minimum Gasteiger partial charge on any atom is -0.481 e. The second-order valence-electron chi connectivity index (χ2n) is 5.56. The van der Waals surface area contributed by atoms with Crippen LogP contribution >= 0.6 is 11.3 Å². The fourth-order valence-corrected chi connectivity index (χ4v) is 3.19. The van der Waals surface area contributed by atoms with Gasteiger partial charge in [-0.1, -0.05) is 37.3 Å². The lowest BCUT2D eigenvalue weighted by molar-refractivity contribution is -0.141. The van der Waals surface area contributed by atoms with E-state index in [1.54, 1.807) is 18.7 Å². The molecule has 5 nitrogen and oxygen atoms in total. The fourth-order valence-electron chi connectivity index (χ4n) is 2.31. The van der Waals surface area contributed by atoms with Crippen LogP contribution < -0.4 is 0 Å². The van der Waals surface area contributed by atoms with Gasteiger partial charge in [0.1, 0.15) is 4.88 Å². The molecule has 0 saturated carbocycles. The Balaban J connectivity index is 2.26. The smallest absolute Gasteiger partial charge is 0.308 e. The highest BCUT2D eigenvalue weighted by molar-refractivity contribution is 7.13. The summed E-state index contributed by atoms with van der Waals surface area (Å²) in [6.07, 6.45) is 0. The van der Waals surface area contributed by atoms with Crippen LogP contribution in [0.5, 0.6) is 0 Å². The van der Waals surface area contributed by atoms with E-state index < -0.39 is 11.9 Å². The molecule has 0 aliphatic carbocycles. The maximum absolute atomic E-state index is 12.8. The maximum Gasteiger partial charge on any atom is 0.308 e. The van der Waals surface area contributed by atoms with Crippen molar-refractivity contribution < 1.29 is 14.7 Å². The van der Waals surface area contributed by atoms with Crippen molar-refractivity contribution in [3.8, 4) is 0 Å². The van der Waals surface area contributed by atoms with Gasteiger partial charge in [0.15, 0.2) is 0 Å². The standard InChI is InChI=1S/C17H20N2O3S/c1-11(17(21)22)9-19(10-14-7-5-4-6-8-14)16(20)15-12(2)18-13(3)23-15/h4-8,11H,9-10H2,1-3H3,(H,21,22)/t11-/m1/s1. The molecular weight excluding hydrogens is 312 g/mol. The Kier molecular flexibility index (Phi) is 5.50. The number of carbonyl (C=O) groups excluding carboxylic acids is 1. The number of amides is 1. The van der Waals surface area contributed by atoms with Crippen molar-refractivity contribution in [1.82, 2.24) is 9.88 Å². The van der Waals surface area contributed by atoms with Crippen molar-refractivity contribution in [1.29, 1.82) is 0 Å². The molecule has 2 rings (SSSR count). The number of hydrogen-bond acceptors (Lipinski definition) is 4. The van der Waals surface area contributed by atoms with Gasteiger partial charge in [0.2, 0.25) is 0 Å². The number of carboxylic acid groups (broad SMARTS) is 1. The molecule has 1 aromatic carbocycles.